The van der Waals surface area contributed by atoms with Crippen molar-refractivity contribution in [2.45, 2.75) is 17.6 Å². The summed E-state index contributed by atoms with van der Waals surface area (Å²) < 4.78 is 27.2. The van der Waals surface area contributed by atoms with E-state index in [0.29, 0.717) is 10.0 Å². The lowest BCUT2D eigenvalue weighted by atomic mass is 10.3. The molecule has 6 nitrogen and oxygen atoms in total. The molecule has 2 N–H and O–H groups in total. The molecule has 0 amide bonds. The van der Waals surface area contributed by atoms with Crippen LogP contribution in [0.1, 0.15) is 11.3 Å². The Kier molecular flexibility index (Phi) is 5.97. The van der Waals surface area contributed by atoms with Gasteiger partial charge >= 0.3 is 0 Å². The fourth-order valence-electron chi connectivity index (χ4n) is 1.93. The van der Waals surface area contributed by atoms with Gasteiger partial charge in [0.25, 0.3) is 10.0 Å². The third-order valence-electron chi connectivity index (χ3n) is 3.09. The number of aromatic nitrogens is 1. The van der Waals surface area contributed by atoms with Gasteiger partial charge < -0.3 is 10.2 Å². The molecule has 0 fully saturated rings. The lowest BCUT2D eigenvalue weighted by molar-refractivity contribution is 0.405. The van der Waals surface area contributed by atoms with E-state index in [1.807, 2.05) is 27.1 Å². The van der Waals surface area contributed by atoms with Gasteiger partial charge in [0.2, 0.25) is 0 Å². The Morgan fingerprint density at radius 3 is 2.57 bits per heavy atom. The molecule has 23 heavy (non-hydrogen) atoms. The van der Waals surface area contributed by atoms with E-state index in [0.717, 1.165) is 30.1 Å². The molecule has 0 saturated carbocycles. The normalized spacial score (nSPS) is 11.7. The molecule has 2 aromatic rings. The molecule has 0 saturated heterocycles. The minimum absolute atomic E-state index is 0.294. The van der Waals surface area contributed by atoms with Gasteiger partial charge in [0.1, 0.15) is 10.0 Å². The number of thiophene rings is 1. The Morgan fingerprint density at radius 1 is 1.22 bits per heavy atom. The maximum absolute atomic E-state index is 12.2. The quantitative estimate of drug-likeness (QED) is 0.713. The van der Waals surface area contributed by atoms with E-state index in [1.54, 1.807) is 24.4 Å². The zero-order valence-corrected chi connectivity index (χ0v) is 15.2. The second kappa shape index (κ2) is 7.76. The molecule has 0 aliphatic rings. The Hall–Kier alpha value is -1.64. The summed E-state index contributed by atoms with van der Waals surface area (Å²) in [6.45, 7) is 3.73. The van der Waals surface area contributed by atoms with Gasteiger partial charge in [-0.15, -0.1) is 11.3 Å². The Balaban J connectivity index is 1.92. The molecule has 2 aromatic heterocycles. The summed E-state index contributed by atoms with van der Waals surface area (Å²) in [5, 5.41) is 3.26. The number of nitrogens with zero attached hydrogens (tertiary/aromatic N) is 2. The Bertz CT molecular complexity index is 724. The number of hydrogen-bond acceptors (Lipinski definition) is 6. The van der Waals surface area contributed by atoms with E-state index in [2.05, 4.69) is 19.9 Å². The first-order valence-electron chi connectivity index (χ1n) is 7.31. The van der Waals surface area contributed by atoms with Gasteiger partial charge in [-0.2, -0.15) is 0 Å². The molecule has 0 aliphatic heterocycles. The summed E-state index contributed by atoms with van der Waals surface area (Å²) >= 11 is 1.24. The Labute approximate surface area is 141 Å². The SMILES string of the molecule is Cc1ccc(S(=O)(=O)Nc2ccc(NCCCN(C)C)cn2)s1. The third-order valence-corrected chi connectivity index (χ3v) is 5.94. The van der Waals surface area contributed by atoms with Gasteiger partial charge in [-0.3, -0.25) is 4.72 Å². The molecule has 126 valence electrons. The fraction of sp³-hybridized carbons (Fsp3) is 0.400. The standard InChI is InChI=1S/C15H22N4O2S2/c1-12-5-8-15(22-12)23(20,21)18-14-7-6-13(11-17-14)16-9-4-10-19(2)3/h5-8,11,16H,4,9-10H2,1-3H3,(H,17,18). The van der Waals surface area contributed by atoms with Gasteiger partial charge in [0.15, 0.2) is 0 Å². The number of anilines is 2. The summed E-state index contributed by atoms with van der Waals surface area (Å²) in [5.41, 5.74) is 0.874. The minimum atomic E-state index is -3.56. The molecule has 0 unspecified atom stereocenters. The average Bonchev–Trinajstić information content (AvgIpc) is 2.92. The lowest BCUT2D eigenvalue weighted by Crippen LogP contribution is -2.16. The lowest BCUT2D eigenvalue weighted by Gasteiger charge is -2.11. The largest absolute Gasteiger partial charge is 0.384 e. The number of nitrogens with one attached hydrogen (secondary N) is 2. The monoisotopic (exact) mass is 354 g/mol. The van der Waals surface area contributed by atoms with Gasteiger partial charge in [-0.05, 0) is 58.3 Å². The van der Waals surface area contributed by atoms with Crippen molar-refractivity contribution in [2.24, 2.45) is 0 Å². The van der Waals surface area contributed by atoms with Crippen molar-refractivity contribution in [3.8, 4) is 0 Å². The maximum Gasteiger partial charge on any atom is 0.272 e. The van der Waals surface area contributed by atoms with Crippen molar-refractivity contribution < 1.29 is 8.42 Å². The van der Waals surface area contributed by atoms with Crippen LogP contribution < -0.4 is 10.0 Å². The second-order valence-electron chi connectivity index (χ2n) is 5.49. The van der Waals surface area contributed by atoms with E-state index in [4.69, 9.17) is 0 Å². The summed E-state index contributed by atoms with van der Waals surface area (Å²) in [4.78, 5) is 7.23. The van der Waals surface area contributed by atoms with Crippen LogP contribution in [0.25, 0.3) is 0 Å². The van der Waals surface area contributed by atoms with Crippen LogP contribution in [0.3, 0.4) is 0 Å². The second-order valence-corrected chi connectivity index (χ2v) is 8.68. The zero-order valence-electron chi connectivity index (χ0n) is 13.5. The molecule has 2 heterocycles. The molecule has 8 heteroatoms. The summed E-state index contributed by atoms with van der Waals surface area (Å²) in [7, 11) is 0.523. The summed E-state index contributed by atoms with van der Waals surface area (Å²) in [5.74, 6) is 0.315. The number of pyridine rings is 1. The van der Waals surface area contributed by atoms with Crippen LogP contribution in [0, 0.1) is 6.92 Å². The van der Waals surface area contributed by atoms with Crippen LogP contribution in [0.5, 0.6) is 0 Å². The zero-order chi connectivity index (χ0) is 16.9. The molecule has 0 atom stereocenters. The molecule has 0 spiro atoms. The molecule has 0 aliphatic carbocycles. The maximum atomic E-state index is 12.2. The number of sulfonamides is 1. The van der Waals surface area contributed by atoms with Crippen molar-refractivity contribution in [2.75, 3.05) is 37.2 Å². The molecule has 2 rings (SSSR count). The highest BCUT2D eigenvalue weighted by Gasteiger charge is 2.16. The first-order chi connectivity index (χ1) is 10.9. The fourth-order valence-corrected chi connectivity index (χ4v) is 4.22. The van der Waals surface area contributed by atoms with E-state index in [-0.39, 0.29) is 0 Å². The number of hydrogen-bond donors (Lipinski definition) is 2. The van der Waals surface area contributed by atoms with Gasteiger partial charge in [0.05, 0.1) is 11.9 Å². The summed E-state index contributed by atoms with van der Waals surface area (Å²) in [6.07, 6.45) is 2.66. The highest BCUT2D eigenvalue weighted by atomic mass is 32.2. The summed E-state index contributed by atoms with van der Waals surface area (Å²) in [6, 6.07) is 6.86. The van der Waals surface area contributed by atoms with Crippen molar-refractivity contribution in [3.05, 3.63) is 35.3 Å². The van der Waals surface area contributed by atoms with Gasteiger partial charge in [0, 0.05) is 11.4 Å². The number of aryl methyl sites for hydroxylation is 1. The van der Waals surface area contributed by atoms with E-state index in [9.17, 15) is 8.42 Å². The van der Waals surface area contributed by atoms with Crippen molar-refractivity contribution in [1.82, 2.24) is 9.88 Å². The van der Waals surface area contributed by atoms with Crippen molar-refractivity contribution in [3.63, 3.8) is 0 Å². The van der Waals surface area contributed by atoms with Crippen LogP contribution in [0.15, 0.2) is 34.7 Å². The van der Waals surface area contributed by atoms with Crippen LogP contribution >= 0.6 is 11.3 Å². The molecular weight excluding hydrogens is 332 g/mol. The molecule has 0 bridgehead atoms. The van der Waals surface area contributed by atoms with Gasteiger partial charge in [-0.25, -0.2) is 13.4 Å². The number of rotatable bonds is 8. The van der Waals surface area contributed by atoms with E-state index in [1.165, 1.54) is 11.3 Å². The molecule has 0 aromatic carbocycles. The third kappa shape index (κ3) is 5.49. The molecular formula is C15H22N4O2S2. The van der Waals surface area contributed by atoms with Gasteiger partial charge in [-0.1, -0.05) is 0 Å². The van der Waals surface area contributed by atoms with Crippen molar-refractivity contribution in [1.29, 1.82) is 0 Å². The van der Waals surface area contributed by atoms with Crippen molar-refractivity contribution >= 4 is 32.9 Å². The minimum Gasteiger partial charge on any atom is -0.384 e. The first-order valence-corrected chi connectivity index (χ1v) is 9.61. The highest BCUT2D eigenvalue weighted by Crippen LogP contribution is 2.23. The van der Waals surface area contributed by atoms with Crippen LogP contribution in [-0.2, 0) is 10.0 Å². The Morgan fingerprint density at radius 2 is 2.00 bits per heavy atom. The smallest absolute Gasteiger partial charge is 0.272 e. The van der Waals surface area contributed by atoms with Crippen LogP contribution in [0.4, 0.5) is 11.5 Å². The topological polar surface area (TPSA) is 74.3 Å². The highest BCUT2D eigenvalue weighted by molar-refractivity contribution is 7.94. The predicted octanol–water partition coefficient (Wildman–Crippen LogP) is 2.62. The van der Waals surface area contributed by atoms with E-state index >= 15 is 0 Å². The average molecular weight is 355 g/mol. The first kappa shape index (κ1) is 17.7. The van der Waals surface area contributed by atoms with Crippen LogP contribution in [0.2, 0.25) is 0 Å². The molecule has 0 radical (unpaired) electrons. The predicted molar refractivity (Wildman–Crippen MR) is 95.8 cm³/mol. The van der Waals surface area contributed by atoms with E-state index < -0.39 is 10.0 Å². The van der Waals surface area contributed by atoms with Crippen LogP contribution in [-0.4, -0.2) is 45.5 Å².